The summed E-state index contributed by atoms with van der Waals surface area (Å²) in [4.78, 5) is 49.5. The zero-order valence-electron chi connectivity index (χ0n) is 26.2. The van der Waals surface area contributed by atoms with Crippen LogP contribution in [-0.2, 0) is 15.0 Å². The summed E-state index contributed by atoms with van der Waals surface area (Å²) in [7, 11) is 0. The lowest BCUT2D eigenvalue weighted by Crippen LogP contribution is -2.57. The van der Waals surface area contributed by atoms with E-state index in [2.05, 4.69) is 20.8 Å². The van der Waals surface area contributed by atoms with Gasteiger partial charge in [0, 0.05) is 23.1 Å². The maximum absolute atomic E-state index is 14.7. The molecule has 0 aliphatic carbocycles. The topological polar surface area (TPSA) is 82.5 Å². The van der Waals surface area contributed by atoms with Gasteiger partial charge in [-0.05, 0) is 72.4 Å². The summed E-state index contributed by atoms with van der Waals surface area (Å²) in [6, 6.07) is 19.5. The summed E-state index contributed by atoms with van der Waals surface area (Å²) in [5.74, 6) is 0.690. The monoisotopic (exact) mass is 648 g/mol. The molecule has 3 amide bonds. The highest BCUT2D eigenvalue weighted by Gasteiger charge is 2.45. The van der Waals surface area contributed by atoms with E-state index in [1.165, 1.54) is 16.7 Å². The van der Waals surface area contributed by atoms with Crippen LogP contribution in [0.15, 0.2) is 71.7 Å². The lowest BCUT2D eigenvalue weighted by atomic mass is 9.86. The molecule has 0 aromatic heterocycles. The molecule has 45 heavy (non-hydrogen) atoms. The van der Waals surface area contributed by atoms with Crippen molar-refractivity contribution in [3.05, 3.63) is 99.0 Å². The Balaban J connectivity index is 1.66. The maximum atomic E-state index is 14.7. The van der Waals surface area contributed by atoms with Gasteiger partial charge >= 0.3 is 6.03 Å². The van der Waals surface area contributed by atoms with E-state index in [-0.39, 0.29) is 49.3 Å². The summed E-state index contributed by atoms with van der Waals surface area (Å²) in [5, 5.41) is 1.16. The van der Waals surface area contributed by atoms with Gasteiger partial charge in [-0.15, -0.1) is 0 Å². The number of carbonyl (C=O) groups is 3. The van der Waals surface area contributed by atoms with E-state index < -0.39 is 12.1 Å². The van der Waals surface area contributed by atoms with Crippen molar-refractivity contribution in [3.8, 4) is 5.75 Å². The smallest absolute Gasteiger partial charge is 0.326 e. The number of halogens is 2. The van der Waals surface area contributed by atoms with Crippen LogP contribution in [-0.4, -0.2) is 71.0 Å². The quantitative estimate of drug-likeness (QED) is 0.274. The van der Waals surface area contributed by atoms with E-state index in [9.17, 15) is 14.4 Å². The zero-order chi connectivity index (χ0) is 32.5. The first-order valence-corrected chi connectivity index (χ1v) is 15.8. The molecule has 8 nitrogen and oxygen atoms in total. The van der Waals surface area contributed by atoms with Crippen molar-refractivity contribution in [1.82, 2.24) is 14.7 Å². The fourth-order valence-corrected chi connectivity index (χ4v) is 6.02. The molecule has 0 spiro atoms. The van der Waals surface area contributed by atoms with Crippen LogP contribution in [0.3, 0.4) is 0 Å². The highest BCUT2D eigenvalue weighted by Crippen LogP contribution is 2.46. The average molecular weight is 650 g/mol. The minimum atomic E-state index is -0.562. The van der Waals surface area contributed by atoms with Gasteiger partial charge in [0.05, 0.1) is 24.8 Å². The van der Waals surface area contributed by atoms with Crippen LogP contribution in [0.5, 0.6) is 5.75 Å². The Labute approximate surface area is 274 Å². The second kappa shape index (κ2) is 13.2. The summed E-state index contributed by atoms with van der Waals surface area (Å²) in [6.07, 6.45) is 0. The Hall–Kier alpha value is -3.88. The van der Waals surface area contributed by atoms with Gasteiger partial charge in [0.25, 0.3) is 0 Å². The number of hydrogen-bond donors (Lipinski definition) is 0. The van der Waals surface area contributed by atoms with Crippen molar-refractivity contribution < 1.29 is 19.1 Å². The van der Waals surface area contributed by atoms with Crippen molar-refractivity contribution in [2.75, 3.05) is 32.8 Å². The van der Waals surface area contributed by atoms with Crippen molar-refractivity contribution in [3.63, 3.8) is 0 Å². The number of ether oxygens (including phenoxy) is 1. The molecule has 5 rings (SSSR count). The first-order chi connectivity index (χ1) is 21.4. The molecule has 0 bridgehead atoms. The Morgan fingerprint density at radius 2 is 1.56 bits per heavy atom. The number of nitrogens with zero attached hydrogens (tertiary/aromatic N) is 4. The third-order valence-electron chi connectivity index (χ3n) is 8.09. The molecule has 1 saturated heterocycles. The van der Waals surface area contributed by atoms with E-state index in [1.807, 2.05) is 61.5 Å². The third-order valence-corrected chi connectivity index (χ3v) is 8.59. The molecular formula is C35H38Cl2N4O4. The summed E-state index contributed by atoms with van der Waals surface area (Å²) >= 11 is 12.6. The van der Waals surface area contributed by atoms with E-state index in [4.69, 9.17) is 32.9 Å². The summed E-state index contributed by atoms with van der Waals surface area (Å²) in [5.41, 5.74) is 3.34. The third kappa shape index (κ3) is 7.02. The van der Waals surface area contributed by atoms with Gasteiger partial charge in [0.15, 0.2) is 0 Å². The molecular weight excluding hydrogens is 611 g/mol. The predicted molar refractivity (Wildman–Crippen MR) is 177 cm³/mol. The van der Waals surface area contributed by atoms with Crippen LogP contribution in [0.2, 0.25) is 10.0 Å². The van der Waals surface area contributed by atoms with Crippen LogP contribution in [0.25, 0.3) is 0 Å². The van der Waals surface area contributed by atoms with E-state index >= 15 is 0 Å². The minimum absolute atomic E-state index is 0.0289. The molecule has 0 N–H and O–H groups in total. The molecule has 0 unspecified atom stereocenters. The molecule has 0 saturated carbocycles. The van der Waals surface area contributed by atoms with Crippen molar-refractivity contribution in [2.45, 2.75) is 52.1 Å². The van der Waals surface area contributed by atoms with Gasteiger partial charge in [-0.3, -0.25) is 19.5 Å². The van der Waals surface area contributed by atoms with Crippen LogP contribution in [0.4, 0.5) is 4.79 Å². The average Bonchev–Trinajstić information content (AvgIpc) is 3.38. The highest BCUT2D eigenvalue weighted by atomic mass is 35.5. The Morgan fingerprint density at radius 3 is 2.11 bits per heavy atom. The minimum Gasteiger partial charge on any atom is -0.493 e. The summed E-state index contributed by atoms with van der Waals surface area (Å²) < 4.78 is 6.18. The number of carbonyl (C=O) groups excluding carboxylic acids is 3. The van der Waals surface area contributed by atoms with Gasteiger partial charge in [-0.1, -0.05) is 74.3 Å². The largest absolute Gasteiger partial charge is 0.493 e. The molecule has 2 aliphatic rings. The summed E-state index contributed by atoms with van der Waals surface area (Å²) in [6.45, 7) is 10.6. The molecule has 2 heterocycles. The number of rotatable bonds is 7. The fraction of sp³-hybridized carbons (Fsp3) is 0.371. The first-order valence-electron chi connectivity index (χ1n) is 15.1. The number of Topliss-reactive ketones (excluding diaryl/α,β-unsaturated/α-hetero) is 1. The van der Waals surface area contributed by atoms with Crippen molar-refractivity contribution >= 4 is 46.8 Å². The van der Waals surface area contributed by atoms with Crippen molar-refractivity contribution in [2.24, 2.45) is 4.99 Å². The molecule has 10 heteroatoms. The number of amidine groups is 1. The SMILES string of the molecule is CCOc1cc(C(C)(C)C)ccc1C1=N[C@@H](c2ccc(Cl)cc2)[C@@H](c2ccc(Cl)cc2)N1C(=O)N1CCN(CC(C)=O)C(=O)C1. The number of urea groups is 1. The lowest BCUT2D eigenvalue weighted by molar-refractivity contribution is -0.138. The van der Waals surface area contributed by atoms with Gasteiger partial charge in [-0.2, -0.15) is 0 Å². The van der Waals surface area contributed by atoms with Crippen LogP contribution >= 0.6 is 23.2 Å². The molecule has 2 aliphatic heterocycles. The first kappa shape index (κ1) is 32.5. The van der Waals surface area contributed by atoms with Crippen LogP contribution in [0.1, 0.15) is 69.0 Å². The fourth-order valence-electron chi connectivity index (χ4n) is 5.76. The number of ketones is 1. The number of benzene rings is 3. The number of aliphatic imine (C=N–C) groups is 1. The molecule has 2 atom stereocenters. The second-order valence-corrected chi connectivity index (χ2v) is 13.3. The standard InChI is InChI=1S/C35H38Cl2N4O4/c1-6-45-29-19-25(35(3,4)5)11-16-28(29)33-38-31(23-7-12-26(36)13-8-23)32(24-9-14-27(37)15-10-24)41(33)34(44)40-18-17-39(20-22(2)42)30(43)21-40/h7-16,19,31-32H,6,17-18,20-21H2,1-5H3/t31-,32+/m0/s1. The molecule has 3 aromatic rings. The van der Waals surface area contributed by atoms with E-state index in [0.717, 1.165) is 16.7 Å². The number of piperazine rings is 1. The second-order valence-electron chi connectivity index (χ2n) is 12.4. The highest BCUT2D eigenvalue weighted by molar-refractivity contribution is 6.30. The predicted octanol–water partition coefficient (Wildman–Crippen LogP) is 7.09. The normalized spacial score (nSPS) is 18.7. The van der Waals surface area contributed by atoms with Gasteiger partial charge in [0.1, 0.15) is 30.0 Å². The Morgan fingerprint density at radius 1 is 0.933 bits per heavy atom. The molecule has 236 valence electrons. The molecule has 0 radical (unpaired) electrons. The van der Waals surface area contributed by atoms with Crippen molar-refractivity contribution in [1.29, 1.82) is 0 Å². The maximum Gasteiger partial charge on any atom is 0.326 e. The van der Waals surface area contributed by atoms with Gasteiger partial charge in [0.2, 0.25) is 5.91 Å². The molecule has 3 aromatic carbocycles. The van der Waals surface area contributed by atoms with Gasteiger partial charge in [-0.25, -0.2) is 4.79 Å². The lowest BCUT2D eigenvalue weighted by Gasteiger charge is -2.38. The van der Waals surface area contributed by atoms with Crippen LogP contribution in [0, 0.1) is 0 Å². The Kier molecular flexibility index (Phi) is 9.56. The zero-order valence-corrected chi connectivity index (χ0v) is 27.7. The number of amides is 3. The van der Waals surface area contributed by atoms with Crippen LogP contribution < -0.4 is 4.74 Å². The van der Waals surface area contributed by atoms with E-state index in [0.29, 0.717) is 33.8 Å². The molecule has 1 fully saturated rings. The van der Waals surface area contributed by atoms with E-state index in [1.54, 1.807) is 17.0 Å². The van der Waals surface area contributed by atoms with Gasteiger partial charge < -0.3 is 14.5 Å². The Bertz CT molecular complexity index is 1620. The number of hydrogen-bond acceptors (Lipinski definition) is 5.